The van der Waals surface area contributed by atoms with E-state index in [4.69, 9.17) is 0 Å². The van der Waals surface area contributed by atoms with Crippen LogP contribution in [0.5, 0.6) is 0 Å². The number of nitrogens with zero attached hydrogens (tertiary/aromatic N) is 1. The van der Waals surface area contributed by atoms with E-state index in [1.807, 2.05) is 51.1 Å². The summed E-state index contributed by atoms with van der Waals surface area (Å²) in [6.45, 7) is 10.2. The summed E-state index contributed by atoms with van der Waals surface area (Å²) in [7, 11) is 0. The quantitative estimate of drug-likeness (QED) is 0.887. The molecule has 0 saturated carbocycles. The first kappa shape index (κ1) is 15.7. The van der Waals surface area contributed by atoms with Crippen molar-refractivity contribution in [1.82, 2.24) is 4.90 Å². The van der Waals surface area contributed by atoms with E-state index < -0.39 is 11.0 Å². The second-order valence-electron chi connectivity index (χ2n) is 6.12. The molecule has 1 aromatic rings. The lowest BCUT2D eigenvalue weighted by Gasteiger charge is -2.35. The van der Waals surface area contributed by atoms with Gasteiger partial charge in [0.1, 0.15) is 0 Å². The van der Waals surface area contributed by atoms with Gasteiger partial charge in [-0.1, -0.05) is 30.3 Å². The maximum Gasteiger partial charge on any atom is 0.232 e. The Labute approximate surface area is 116 Å². The number of carbonyl (C=O) groups is 1. The zero-order valence-corrected chi connectivity index (χ0v) is 12.6. The first-order valence-electron chi connectivity index (χ1n) is 6.76. The van der Waals surface area contributed by atoms with Gasteiger partial charge in [0.05, 0.1) is 11.0 Å². The number of hydrogen-bond donors (Lipinski definition) is 1. The van der Waals surface area contributed by atoms with Crippen molar-refractivity contribution < 1.29 is 9.90 Å². The van der Waals surface area contributed by atoms with E-state index in [0.29, 0.717) is 13.1 Å². The molecule has 3 heteroatoms. The molecule has 0 fully saturated rings. The average molecular weight is 263 g/mol. The predicted molar refractivity (Wildman–Crippen MR) is 78.0 cm³/mol. The van der Waals surface area contributed by atoms with Gasteiger partial charge in [0.25, 0.3) is 0 Å². The van der Waals surface area contributed by atoms with E-state index in [1.54, 1.807) is 18.7 Å². The fraction of sp³-hybridized carbons (Fsp3) is 0.562. The monoisotopic (exact) mass is 263 g/mol. The third kappa shape index (κ3) is 4.06. The molecule has 0 bridgehead atoms. The van der Waals surface area contributed by atoms with E-state index in [-0.39, 0.29) is 5.91 Å². The van der Waals surface area contributed by atoms with Gasteiger partial charge in [-0.25, -0.2) is 0 Å². The average Bonchev–Trinajstić information content (AvgIpc) is 2.35. The summed E-state index contributed by atoms with van der Waals surface area (Å²) in [6, 6.07) is 9.76. The third-order valence-electron chi connectivity index (χ3n) is 3.28. The van der Waals surface area contributed by atoms with Crippen molar-refractivity contribution in [3.63, 3.8) is 0 Å². The van der Waals surface area contributed by atoms with Crippen LogP contribution in [0.3, 0.4) is 0 Å². The van der Waals surface area contributed by atoms with Crippen LogP contribution in [-0.2, 0) is 10.2 Å². The zero-order valence-electron chi connectivity index (χ0n) is 12.6. The van der Waals surface area contributed by atoms with Crippen LogP contribution >= 0.6 is 0 Å². The van der Waals surface area contributed by atoms with Crippen molar-refractivity contribution in [2.75, 3.05) is 13.1 Å². The standard InChI is InChI=1S/C16H25NO2/c1-6-17(12-15(2,3)19)14(18)16(4,5)13-10-8-7-9-11-13/h7-11,19H,6,12H2,1-5H3. The molecule has 1 rings (SSSR count). The smallest absolute Gasteiger partial charge is 0.232 e. The summed E-state index contributed by atoms with van der Waals surface area (Å²) >= 11 is 0. The normalized spacial score (nSPS) is 12.3. The van der Waals surface area contributed by atoms with Gasteiger partial charge in [0.2, 0.25) is 5.91 Å². The van der Waals surface area contributed by atoms with Crippen LogP contribution in [0.2, 0.25) is 0 Å². The highest BCUT2D eigenvalue weighted by molar-refractivity contribution is 5.87. The molecule has 1 amide bonds. The van der Waals surface area contributed by atoms with Crippen LogP contribution in [0.4, 0.5) is 0 Å². The van der Waals surface area contributed by atoms with Gasteiger partial charge in [0, 0.05) is 13.1 Å². The summed E-state index contributed by atoms with van der Waals surface area (Å²) in [4.78, 5) is 14.4. The van der Waals surface area contributed by atoms with Crippen LogP contribution in [0.25, 0.3) is 0 Å². The Morgan fingerprint density at radius 3 is 2.11 bits per heavy atom. The van der Waals surface area contributed by atoms with Gasteiger partial charge in [-0.15, -0.1) is 0 Å². The number of rotatable bonds is 5. The molecule has 0 unspecified atom stereocenters. The summed E-state index contributed by atoms with van der Waals surface area (Å²) in [5.41, 5.74) is -0.463. The second kappa shape index (κ2) is 5.74. The van der Waals surface area contributed by atoms with Crippen molar-refractivity contribution in [2.45, 2.75) is 45.6 Å². The molecular weight excluding hydrogens is 238 g/mol. The zero-order chi connectivity index (χ0) is 14.7. The van der Waals surface area contributed by atoms with Crippen molar-refractivity contribution in [1.29, 1.82) is 0 Å². The van der Waals surface area contributed by atoms with Crippen molar-refractivity contribution in [3.05, 3.63) is 35.9 Å². The minimum Gasteiger partial charge on any atom is -0.389 e. The van der Waals surface area contributed by atoms with E-state index in [9.17, 15) is 9.90 Å². The van der Waals surface area contributed by atoms with Gasteiger partial charge in [0.15, 0.2) is 0 Å². The summed E-state index contributed by atoms with van der Waals surface area (Å²) in [6.07, 6.45) is 0. The maximum atomic E-state index is 12.7. The predicted octanol–water partition coefficient (Wildman–Crippen LogP) is 2.58. The number of carbonyl (C=O) groups excluding carboxylic acids is 1. The van der Waals surface area contributed by atoms with Crippen LogP contribution in [0.15, 0.2) is 30.3 Å². The van der Waals surface area contributed by atoms with Crippen LogP contribution < -0.4 is 0 Å². The molecular formula is C16H25NO2. The van der Waals surface area contributed by atoms with E-state index in [2.05, 4.69) is 0 Å². The lowest BCUT2D eigenvalue weighted by atomic mass is 9.83. The maximum absolute atomic E-state index is 12.7. The lowest BCUT2D eigenvalue weighted by Crippen LogP contribution is -2.48. The first-order valence-corrected chi connectivity index (χ1v) is 6.76. The fourth-order valence-electron chi connectivity index (χ4n) is 2.17. The highest BCUT2D eigenvalue weighted by Gasteiger charge is 2.34. The molecule has 106 valence electrons. The number of aliphatic hydroxyl groups is 1. The Kier molecular flexibility index (Phi) is 4.75. The number of benzene rings is 1. The number of amides is 1. The Balaban J connectivity index is 2.97. The topological polar surface area (TPSA) is 40.5 Å². The molecule has 0 saturated heterocycles. The molecule has 1 N–H and O–H groups in total. The van der Waals surface area contributed by atoms with Crippen molar-refractivity contribution in [3.8, 4) is 0 Å². The van der Waals surface area contributed by atoms with Gasteiger partial charge in [-0.3, -0.25) is 4.79 Å². The minimum atomic E-state index is -0.877. The molecule has 0 atom stereocenters. The largest absolute Gasteiger partial charge is 0.389 e. The molecule has 0 aliphatic rings. The summed E-state index contributed by atoms with van der Waals surface area (Å²) < 4.78 is 0. The Morgan fingerprint density at radius 2 is 1.68 bits per heavy atom. The highest BCUT2D eigenvalue weighted by atomic mass is 16.3. The lowest BCUT2D eigenvalue weighted by molar-refractivity contribution is -0.139. The summed E-state index contributed by atoms with van der Waals surface area (Å²) in [5.74, 6) is 0.0447. The van der Waals surface area contributed by atoms with Crippen LogP contribution in [0.1, 0.15) is 40.2 Å². The molecule has 0 radical (unpaired) electrons. The number of hydrogen-bond acceptors (Lipinski definition) is 2. The SMILES string of the molecule is CCN(CC(C)(C)O)C(=O)C(C)(C)c1ccccc1. The highest BCUT2D eigenvalue weighted by Crippen LogP contribution is 2.26. The molecule has 0 spiro atoms. The van der Waals surface area contributed by atoms with Gasteiger partial charge in [-0.05, 0) is 40.2 Å². The first-order chi connectivity index (χ1) is 8.68. The third-order valence-corrected chi connectivity index (χ3v) is 3.28. The molecule has 3 nitrogen and oxygen atoms in total. The van der Waals surface area contributed by atoms with Gasteiger partial charge < -0.3 is 10.0 Å². The summed E-state index contributed by atoms with van der Waals surface area (Å²) in [5, 5.41) is 9.91. The van der Waals surface area contributed by atoms with E-state index in [0.717, 1.165) is 5.56 Å². The van der Waals surface area contributed by atoms with Crippen LogP contribution in [0, 0.1) is 0 Å². The molecule has 0 aliphatic heterocycles. The Morgan fingerprint density at radius 1 is 1.16 bits per heavy atom. The second-order valence-corrected chi connectivity index (χ2v) is 6.12. The Bertz CT molecular complexity index is 418. The molecule has 19 heavy (non-hydrogen) atoms. The fourth-order valence-corrected chi connectivity index (χ4v) is 2.17. The molecule has 0 heterocycles. The minimum absolute atomic E-state index is 0.0447. The Hall–Kier alpha value is -1.35. The van der Waals surface area contributed by atoms with E-state index in [1.165, 1.54) is 0 Å². The van der Waals surface area contributed by atoms with Gasteiger partial charge in [-0.2, -0.15) is 0 Å². The number of likely N-dealkylation sites (N-methyl/N-ethyl adjacent to an activating group) is 1. The van der Waals surface area contributed by atoms with Crippen molar-refractivity contribution in [2.24, 2.45) is 0 Å². The molecule has 0 aliphatic carbocycles. The van der Waals surface area contributed by atoms with E-state index >= 15 is 0 Å². The molecule has 1 aromatic carbocycles. The van der Waals surface area contributed by atoms with Crippen molar-refractivity contribution >= 4 is 5.91 Å². The molecule has 0 aromatic heterocycles. The van der Waals surface area contributed by atoms with Crippen LogP contribution in [-0.4, -0.2) is 34.6 Å². The van der Waals surface area contributed by atoms with Gasteiger partial charge >= 0.3 is 0 Å².